The van der Waals surface area contributed by atoms with Crippen molar-refractivity contribution < 1.29 is 17.8 Å². The van der Waals surface area contributed by atoms with E-state index in [1.807, 2.05) is 0 Å². The number of pyridine rings is 1. The summed E-state index contributed by atoms with van der Waals surface area (Å²) in [5, 5.41) is -0.227. The molecule has 0 unspecified atom stereocenters. The molecule has 0 aliphatic carbocycles. The van der Waals surface area contributed by atoms with Crippen LogP contribution >= 0.6 is 11.6 Å². The fourth-order valence-electron chi connectivity index (χ4n) is 0.564. The minimum atomic E-state index is -4.23. The lowest BCUT2D eigenvalue weighted by molar-refractivity contribution is -0.115. The highest BCUT2D eigenvalue weighted by atomic mass is 35.5. The zero-order chi connectivity index (χ0) is 12.8. The van der Waals surface area contributed by atoms with Crippen LogP contribution in [-0.4, -0.2) is 43.4 Å². The van der Waals surface area contributed by atoms with Gasteiger partial charge in [0.05, 0.1) is 0 Å². The Morgan fingerprint density at radius 2 is 2.00 bits per heavy atom. The predicted octanol–water partition coefficient (Wildman–Crippen LogP) is 0.686. The molecule has 16 heavy (non-hydrogen) atoms. The quantitative estimate of drug-likeness (QED) is 0.483. The van der Waals surface area contributed by atoms with Gasteiger partial charge >= 0.3 is 0 Å². The van der Waals surface area contributed by atoms with Crippen molar-refractivity contribution >= 4 is 28.1 Å². The van der Waals surface area contributed by atoms with Crippen LogP contribution < -0.4 is 0 Å². The summed E-state index contributed by atoms with van der Waals surface area (Å²) in [5.74, 6) is 0. The number of nitrogens with zero attached hydrogens (tertiary/aromatic N) is 2. The van der Waals surface area contributed by atoms with Crippen LogP contribution in [0.1, 0.15) is 0 Å². The van der Waals surface area contributed by atoms with Gasteiger partial charge in [0.1, 0.15) is 10.0 Å². The van der Waals surface area contributed by atoms with E-state index in [1.165, 1.54) is 23.2 Å². The summed E-state index contributed by atoms with van der Waals surface area (Å²) in [7, 11) is -0.853. The fraction of sp³-hybridized carbons (Fsp3) is 0.250. The molecular weight excluding hydrogens is 256 g/mol. The van der Waals surface area contributed by atoms with Crippen molar-refractivity contribution in [1.29, 1.82) is 0 Å². The molecule has 1 heterocycles. The molecule has 1 aromatic heterocycles. The van der Waals surface area contributed by atoms with Crippen molar-refractivity contribution in [2.24, 2.45) is 0 Å². The zero-order valence-electron chi connectivity index (χ0n) is 8.66. The third kappa shape index (κ3) is 5.64. The van der Waals surface area contributed by atoms with Crippen LogP contribution in [0.2, 0.25) is 5.15 Å². The second-order valence-corrected chi connectivity index (χ2v) is 4.58. The second kappa shape index (κ2) is 6.41. The molecule has 0 radical (unpaired) electrons. The fourth-order valence-corrected chi connectivity index (χ4v) is 1.49. The van der Waals surface area contributed by atoms with Crippen LogP contribution in [0.15, 0.2) is 23.2 Å². The van der Waals surface area contributed by atoms with E-state index < -0.39 is 10.1 Å². The van der Waals surface area contributed by atoms with Crippen LogP contribution in [0.25, 0.3) is 0 Å². The van der Waals surface area contributed by atoms with Crippen molar-refractivity contribution in [3.63, 3.8) is 0 Å². The van der Waals surface area contributed by atoms with Crippen molar-refractivity contribution in [2.75, 3.05) is 14.1 Å². The third-order valence-corrected chi connectivity index (χ3v) is 2.51. The van der Waals surface area contributed by atoms with Crippen molar-refractivity contribution in [3.05, 3.63) is 23.5 Å². The van der Waals surface area contributed by atoms with Gasteiger partial charge in [-0.25, -0.2) is 4.98 Å². The molecule has 0 aromatic carbocycles. The highest BCUT2D eigenvalue weighted by molar-refractivity contribution is 7.86. The Morgan fingerprint density at radius 3 is 2.25 bits per heavy atom. The van der Waals surface area contributed by atoms with Crippen LogP contribution in [-0.2, 0) is 14.9 Å². The molecular formula is C8H11ClN2O4S. The van der Waals surface area contributed by atoms with Crippen LogP contribution in [0.3, 0.4) is 0 Å². The van der Waals surface area contributed by atoms with Gasteiger partial charge in [-0.1, -0.05) is 11.6 Å². The lowest BCUT2D eigenvalue weighted by Crippen LogP contribution is -2.06. The first-order valence-corrected chi connectivity index (χ1v) is 5.80. The summed E-state index contributed by atoms with van der Waals surface area (Å²) >= 11 is 5.36. The highest BCUT2D eigenvalue weighted by Gasteiger charge is 2.13. The molecule has 1 aromatic rings. The number of aromatic nitrogens is 1. The van der Waals surface area contributed by atoms with E-state index in [9.17, 15) is 13.2 Å². The van der Waals surface area contributed by atoms with E-state index in [2.05, 4.69) is 4.98 Å². The molecule has 0 saturated heterocycles. The Morgan fingerprint density at radius 1 is 1.50 bits per heavy atom. The van der Waals surface area contributed by atoms with Gasteiger partial charge in [-0.15, -0.1) is 0 Å². The predicted molar refractivity (Wildman–Crippen MR) is 58.8 cm³/mol. The van der Waals surface area contributed by atoms with Gasteiger partial charge in [0, 0.05) is 20.3 Å². The Hall–Kier alpha value is -1.18. The summed E-state index contributed by atoms with van der Waals surface area (Å²) < 4.78 is 29.5. The summed E-state index contributed by atoms with van der Waals surface area (Å²) in [6.45, 7) is 0. The van der Waals surface area contributed by atoms with Gasteiger partial charge < -0.3 is 4.90 Å². The van der Waals surface area contributed by atoms with Gasteiger partial charge in [-0.05, 0) is 12.1 Å². The number of carbonyl (C=O) groups excluding carboxylic acids is 1. The standard InChI is InChI=1S/C5H4ClNO3S.C3H7NO/c6-5-4(11(8,9)10)2-1-3-7-5;1-4(2)3-5/h1-3H,(H,8,9,10);3H,1-2H3. The van der Waals surface area contributed by atoms with Gasteiger partial charge in [0.25, 0.3) is 10.1 Å². The largest absolute Gasteiger partial charge is 0.351 e. The minimum absolute atomic E-state index is 0.227. The molecule has 0 aliphatic heterocycles. The summed E-state index contributed by atoms with van der Waals surface area (Å²) in [6.07, 6.45) is 2.08. The van der Waals surface area contributed by atoms with E-state index in [0.29, 0.717) is 0 Å². The molecule has 8 heteroatoms. The molecule has 1 amide bonds. The molecule has 1 rings (SSSR count). The normalized spacial score (nSPS) is 10.0. The van der Waals surface area contributed by atoms with Crippen LogP contribution in [0.5, 0.6) is 0 Å². The maximum absolute atomic E-state index is 10.5. The smallest absolute Gasteiger partial charge is 0.297 e. The third-order valence-electron chi connectivity index (χ3n) is 1.21. The number of halogens is 1. The Balaban J connectivity index is 0.000000385. The number of hydrogen-bond acceptors (Lipinski definition) is 4. The van der Waals surface area contributed by atoms with Crippen molar-refractivity contribution in [2.45, 2.75) is 4.90 Å². The summed E-state index contributed by atoms with van der Waals surface area (Å²) in [6, 6.07) is 2.54. The molecule has 0 aliphatic rings. The molecule has 0 bridgehead atoms. The second-order valence-electron chi connectivity index (χ2n) is 2.84. The molecule has 0 fully saturated rings. The van der Waals surface area contributed by atoms with E-state index in [1.54, 1.807) is 14.1 Å². The lowest BCUT2D eigenvalue weighted by Gasteiger charge is -1.96. The average molecular weight is 267 g/mol. The molecule has 6 nitrogen and oxygen atoms in total. The molecule has 0 saturated carbocycles. The van der Waals surface area contributed by atoms with Crippen molar-refractivity contribution in [3.8, 4) is 0 Å². The van der Waals surface area contributed by atoms with Crippen LogP contribution in [0, 0.1) is 0 Å². The van der Waals surface area contributed by atoms with E-state index in [0.717, 1.165) is 6.41 Å². The molecule has 90 valence electrons. The van der Waals surface area contributed by atoms with Gasteiger partial charge in [0.15, 0.2) is 0 Å². The summed E-state index contributed by atoms with van der Waals surface area (Å²) in [4.78, 5) is 14.0. The monoisotopic (exact) mass is 266 g/mol. The maximum atomic E-state index is 10.5. The van der Waals surface area contributed by atoms with E-state index in [-0.39, 0.29) is 10.0 Å². The van der Waals surface area contributed by atoms with Crippen LogP contribution in [0.4, 0.5) is 0 Å². The average Bonchev–Trinajstić information content (AvgIpc) is 2.17. The van der Waals surface area contributed by atoms with Gasteiger partial charge in [0.2, 0.25) is 6.41 Å². The lowest BCUT2D eigenvalue weighted by atomic mass is 10.5. The van der Waals surface area contributed by atoms with Gasteiger partial charge in [-0.3, -0.25) is 9.35 Å². The van der Waals surface area contributed by atoms with Gasteiger partial charge in [-0.2, -0.15) is 8.42 Å². The first-order chi connectivity index (χ1) is 7.29. The number of hydrogen-bond donors (Lipinski definition) is 1. The zero-order valence-corrected chi connectivity index (χ0v) is 10.2. The first-order valence-electron chi connectivity index (χ1n) is 3.98. The Labute approximate surface area is 98.6 Å². The number of rotatable bonds is 2. The molecule has 0 atom stereocenters. The van der Waals surface area contributed by atoms with E-state index >= 15 is 0 Å². The molecule has 0 spiro atoms. The summed E-state index contributed by atoms with van der Waals surface area (Å²) in [5.41, 5.74) is 0. The molecule has 1 N–H and O–H groups in total. The highest BCUT2D eigenvalue weighted by Crippen LogP contribution is 2.16. The Bertz CT molecular complexity index is 447. The number of amides is 1. The topological polar surface area (TPSA) is 87.6 Å². The Kier molecular flexibility index (Phi) is 5.94. The minimum Gasteiger partial charge on any atom is -0.351 e. The van der Waals surface area contributed by atoms with Crippen molar-refractivity contribution in [1.82, 2.24) is 9.88 Å². The SMILES string of the molecule is CN(C)C=O.O=S(=O)(O)c1cccnc1Cl. The maximum Gasteiger partial charge on any atom is 0.297 e. The van der Waals surface area contributed by atoms with E-state index in [4.69, 9.17) is 16.2 Å². The number of carbonyl (C=O) groups is 1. The first kappa shape index (κ1) is 14.8.